The first kappa shape index (κ1) is 17.3. The number of carbonyl (C=O) groups is 1. The van der Waals surface area contributed by atoms with Crippen molar-refractivity contribution in [2.45, 2.75) is 50.6 Å². The van der Waals surface area contributed by atoms with Gasteiger partial charge in [-0.2, -0.15) is 0 Å². The van der Waals surface area contributed by atoms with Crippen LogP contribution in [0.2, 0.25) is 0 Å². The monoisotopic (exact) mass is 365 g/mol. The smallest absolute Gasteiger partial charge is 0.240 e. The van der Waals surface area contributed by atoms with Crippen LogP contribution < -0.4 is 5.32 Å². The van der Waals surface area contributed by atoms with E-state index in [9.17, 15) is 4.79 Å². The van der Waals surface area contributed by atoms with E-state index in [1.165, 1.54) is 0 Å². The van der Waals surface area contributed by atoms with Gasteiger partial charge in [0.05, 0.1) is 11.9 Å². The molecular weight excluding hydrogens is 338 g/mol. The van der Waals surface area contributed by atoms with Gasteiger partial charge in [0.1, 0.15) is 0 Å². The summed E-state index contributed by atoms with van der Waals surface area (Å²) >= 11 is 1.85. The first-order chi connectivity index (χ1) is 12.2. The van der Waals surface area contributed by atoms with Crippen molar-refractivity contribution in [2.75, 3.05) is 37.8 Å². The highest BCUT2D eigenvalue weighted by molar-refractivity contribution is 7.99. The van der Waals surface area contributed by atoms with Crippen molar-refractivity contribution in [2.24, 2.45) is 0 Å². The Bertz CT molecular complexity index is 596. The topological polar surface area (TPSA) is 74.5 Å². The third-order valence-electron chi connectivity index (χ3n) is 5.65. The van der Waals surface area contributed by atoms with Crippen molar-refractivity contribution in [1.82, 2.24) is 25.3 Å². The van der Waals surface area contributed by atoms with Gasteiger partial charge in [-0.05, 0) is 32.4 Å². The molecule has 3 saturated heterocycles. The zero-order chi connectivity index (χ0) is 17.2. The van der Waals surface area contributed by atoms with Crippen LogP contribution >= 0.6 is 11.8 Å². The molecule has 138 valence electrons. The molecule has 1 aromatic heterocycles. The maximum atomic E-state index is 12.5. The van der Waals surface area contributed by atoms with Crippen LogP contribution in [0.15, 0.2) is 4.42 Å². The minimum absolute atomic E-state index is 0.00414. The van der Waals surface area contributed by atoms with Crippen LogP contribution in [0.4, 0.5) is 0 Å². The predicted octanol–water partition coefficient (Wildman–Crippen LogP) is 1.07. The summed E-state index contributed by atoms with van der Waals surface area (Å²) < 4.78 is 5.73. The van der Waals surface area contributed by atoms with Crippen molar-refractivity contribution < 1.29 is 9.21 Å². The Morgan fingerprint density at radius 3 is 2.84 bits per heavy atom. The highest BCUT2D eigenvalue weighted by Gasteiger charge is 2.37. The molecule has 3 fully saturated rings. The number of rotatable bonds is 4. The lowest BCUT2D eigenvalue weighted by Crippen LogP contribution is -2.42. The van der Waals surface area contributed by atoms with Crippen molar-refractivity contribution in [1.29, 1.82) is 0 Å². The fourth-order valence-corrected chi connectivity index (χ4v) is 5.03. The largest absolute Gasteiger partial charge is 0.425 e. The van der Waals surface area contributed by atoms with Gasteiger partial charge in [0.15, 0.2) is 0 Å². The molecule has 0 spiro atoms. The van der Waals surface area contributed by atoms with E-state index < -0.39 is 0 Å². The number of hydrogen-bond donors (Lipinski definition) is 1. The number of nitrogens with one attached hydrogen (secondary N) is 1. The minimum atomic E-state index is 0.00414. The number of likely N-dealkylation sites (tertiary alicyclic amines) is 1. The van der Waals surface area contributed by atoms with Gasteiger partial charge in [0, 0.05) is 37.2 Å². The predicted molar refractivity (Wildman–Crippen MR) is 96.5 cm³/mol. The molecule has 1 amide bonds. The summed E-state index contributed by atoms with van der Waals surface area (Å²) in [5, 5.41) is 11.8. The molecule has 0 bridgehead atoms. The minimum Gasteiger partial charge on any atom is -0.425 e. The molecule has 25 heavy (non-hydrogen) atoms. The first-order valence-electron chi connectivity index (χ1n) is 9.41. The van der Waals surface area contributed by atoms with Crippen LogP contribution in [0, 0.1) is 0 Å². The Balaban J connectivity index is 1.27. The van der Waals surface area contributed by atoms with Gasteiger partial charge in [-0.15, -0.1) is 22.0 Å². The number of aromatic nitrogens is 2. The normalized spacial score (nSPS) is 28.8. The molecule has 2 atom stereocenters. The third-order valence-corrected chi connectivity index (χ3v) is 6.62. The third kappa shape index (κ3) is 3.71. The van der Waals surface area contributed by atoms with Crippen molar-refractivity contribution in [3.05, 3.63) is 11.8 Å². The van der Waals surface area contributed by atoms with Crippen LogP contribution in [0.5, 0.6) is 0 Å². The Morgan fingerprint density at radius 2 is 2.16 bits per heavy atom. The molecule has 0 aromatic carbocycles. The van der Waals surface area contributed by atoms with E-state index >= 15 is 0 Å². The molecular formula is C17H27N5O2S. The Kier molecular flexibility index (Phi) is 5.28. The number of carbonyl (C=O) groups excluding carboxylic acids is 1. The summed E-state index contributed by atoms with van der Waals surface area (Å²) in [7, 11) is 0. The van der Waals surface area contributed by atoms with Crippen molar-refractivity contribution in [3.8, 4) is 0 Å². The van der Waals surface area contributed by atoms with Crippen LogP contribution in [-0.2, 0) is 11.2 Å². The molecule has 1 N–H and O–H groups in total. The van der Waals surface area contributed by atoms with Crippen LogP contribution in [0.25, 0.3) is 0 Å². The molecule has 3 aliphatic rings. The van der Waals surface area contributed by atoms with Crippen molar-refractivity contribution >= 4 is 17.7 Å². The summed E-state index contributed by atoms with van der Waals surface area (Å²) in [6.07, 6.45) is 3.85. The Hall–Kier alpha value is -1.12. The van der Waals surface area contributed by atoms with Crippen LogP contribution in [-0.4, -0.2) is 75.8 Å². The fraction of sp³-hybridized carbons (Fsp3) is 0.824. The zero-order valence-electron chi connectivity index (χ0n) is 14.8. The van der Waals surface area contributed by atoms with E-state index in [0.29, 0.717) is 17.9 Å². The van der Waals surface area contributed by atoms with E-state index in [4.69, 9.17) is 4.42 Å². The molecule has 0 radical (unpaired) electrons. The second kappa shape index (κ2) is 7.63. The molecule has 0 aliphatic carbocycles. The number of piperidine rings is 1. The second-order valence-electron chi connectivity index (χ2n) is 7.19. The quantitative estimate of drug-likeness (QED) is 0.855. The van der Waals surface area contributed by atoms with Gasteiger partial charge in [-0.3, -0.25) is 9.69 Å². The SMILES string of the molecule is CCc1nnc(C2CCN([C@@H]3CN[C@H](C(=O)N4CCSC4)C3)CC2)o1. The molecule has 1 aromatic rings. The molecule has 7 nitrogen and oxygen atoms in total. The highest BCUT2D eigenvalue weighted by atomic mass is 32.2. The van der Waals surface area contributed by atoms with E-state index in [2.05, 4.69) is 20.4 Å². The summed E-state index contributed by atoms with van der Waals surface area (Å²) in [5.41, 5.74) is 0. The van der Waals surface area contributed by atoms with E-state index in [0.717, 1.165) is 75.3 Å². The lowest BCUT2D eigenvalue weighted by Gasteiger charge is -2.34. The Morgan fingerprint density at radius 1 is 1.32 bits per heavy atom. The lowest BCUT2D eigenvalue weighted by molar-refractivity contribution is -0.131. The molecule has 0 unspecified atom stereocenters. The Labute approximate surface area is 152 Å². The first-order valence-corrected chi connectivity index (χ1v) is 10.6. The highest BCUT2D eigenvalue weighted by Crippen LogP contribution is 2.30. The average Bonchev–Trinajstić information content (AvgIpc) is 3.42. The van der Waals surface area contributed by atoms with E-state index in [-0.39, 0.29) is 6.04 Å². The summed E-state index contributed by atoms with van der Waals surface area (Å²) in [6, 6.07) is 0.475. The number of amides is 1. The van der Waals surface area contributed by atoms with Crippen LogP contribution in [0.3, 0.4) is 0 Å². The van der Waals surface area contributed by atoms with E-state index in [1.807, 2.05) is 23.6 Å². The maximum Gasteiger partial charge on any atom is 0.240 e. The molecule has 4 heterocycles. The standard InChI is InChI=1S/C17H27N5O2S/c1-2-15-19-20-16(24-15)12-3-5-21(6-4-12)13-9-14(18-10-13)17(23)22-7-8-25-11-22/h12-14,18H,2-11H2,1H3/t13-,14-/m0/s1. The maximum absolute atomic E-state index is 12.5. The summed E-state index contributed by atoms with van der Waals surface area (Å²) in [6.45, 7) is 5.94. The lowest BCUT2D eigenvalue weighted by atomic mass is 9.95. The molecule has 4 rings (SSSR count). The van der Waals surface area contributed by atoms with Gasteiger partial charge in [0.2, 0.25) is 17.7 Å². The fourth-order valence-electron chi connectivity index (χ4n) is 4.08. The zero-order valence-corrected chi connectivity index (χ0v) is 15.6. The van der Waals surface area contributed by atoms with Gasteiger partial charge < -0.3 is 14.6 Å². The van der Waals surface area contributed by atoms with Crippen molar-refractivity contribution in [3.63, 3.8) is 0 Å². The molecule has 0 saturated carbocycles. The number of hydrogen-bond acceptors (Lipinski definition) is 7. The summed E-state index contributed by atoms with van der Waals surface area (Å²) in [4.78, 5) is 17.1. The van der Waals surface area contributed by atoms with Gasteiger partial charge in [-0.1, -0.05) is 6.92 Å². The number of thioether (sulfide) groups is 1. The summed E-state index contributed by atoms with van der Waals surface area (Å²) in [5.74, 6) is 4.15. The van der Waals surface area contributed by atoms with Crippen LogP contribution in [0.1, 0.15) is 43.9 Å². The molecule has 3 aliphatic heterocycles. The van der Waals surface area contributed by atoms with E-state index in [1.54, 1.807) is 0 Å². The van der Waals surface area contributed by atoms with Gasteiger partial charge in [0.25, 0.3) is 0 Å². The second-order valence-corrected chi connectivity index (χ2v) is 8.26. The number of aryl methyl sites for hydroxylation is 1. The number of nitrogens with zero attached hydrogens (tertiary/aromatic N) is 4. The van der Waals surface area contributed by atoms with Gasteiger partial charge in [-0.25, -0.2) is 0 Å². The van der Waals surface area contributed by atoms with Gasteiger partial charge >= 0.3 is 0 Å². The molecule has 8 heteroatoms. The average molecular weight is 366 g/mol.